The molecule has 3 N–H and O–H groups in total. The van der Waals surface area contributed by atoms with Crippen LogP contribution in [0.3, 0.4) is 0 Å². The van der Waals surface area contributed by atoms with Crippen molar-refractivity contribution in [3.05, 3.63) is 64.4 Å². The Morgan fingerprint density at radius 3 is 2.74 bits per heavy atom. The Morgan fingerprint density at radius 2 is 2.04 bits per heavy atom. The molecule has 27 heavy (non-hydrogen) atoms. The van der Waals surface area contributed by atoms with E-state index in [2.05, 4.69) is 47.6 Å². The average Bonchev–Trinajstić information content (AvgIpc) is 3.35. The molecule has 0 radical (unpaired) electrons. The highest BCUT2D eigenvalue weighted by Gasteiger charge is 2.30. The highest BCUT2D eigenvalue weighted by Crippen LogP contribution is 2.25. The molecule has 1 aliphatic rings. The number of amides is 1. The monoisotopic (exact) mass is 427 g/mol. The summed E-state index contributed by atoms with van der Waals surface area (Å²) in [6, 6.07) is 13.5. The van der Waals surface area contributed by atoms with Crippen LogP contribution in [-0.2, 0) is 4.79 Å². The molecule has 1 aromatic heterocycles. The van der Waals surface area contributed by atoms with Gasteiger partial charge < -0.3 is 5.32 Å². The predicted octanol–water partition coefficient (Wildman–Crippen LogP) is 2.28. The zero-order valence-corrected chi connectivity index (χ0v) is 16.1. The molecule has 2 heterocycles. The van der Waals surface area contributed by atoms with Crippen LogP contribution < -0.4 is 16.2 Å². The molecular weight excluding hydrogens is 410 g/mol. The van der Waals surface area contributed by atoms with Gasteiger partial charge >= 0.3 is 0 Å². The van der Waals surface area contributed by atoms with Crippen molar-refractivity contribution in [3.8, 4) is 5.69 Å². The van der Waals surface area contributed by atoms with Gasteiger partial charge in [-0.3, -0.25) is 4.79 Å². The maximum Gasteiger partial charge on any atom is 0.242 e. The summed E-state index contributed by atoms with van der Waals surface area (Å²) in [6.45, 7) is 1.95. The summed E-state index contributed by atoms with van der Waals surface area (Å²) in [4.78, 5) is 12.6. The lowest BCUT2D eigenvalue weighted by atomic mass is 10.0. The second kappa shape index (κ2) is 7.55. The normalized spacial score (nSPS) is 19.2. The maximum atomic E-state index is 12.6. The lowest BCUT2D eigenvalue weighted by molar-refractivity contribution is -0.117. The van der Waals surface area contributed by atoms with Gasteiger partial charge in [-0.1, -0.05) is 28.1 Å². The third-order valence-corrected chi connectivity index (χ3v) is 5.08. The minimum absolute atomic E-state index is 0.0725. The number of aromatic nitrogens is 4. The smallest absolute Gasteiger partial charge is 0.242 e. The van der Waals surface area contributed by atoms with E-state index in [1.54, 1.807) is 4.68 Å². The molecule has 1 fully saturated rings. The van der Waals surface area contributed by atoms with E-state index in [9.17, 15) is 4.79 Å². The van der Waals surface area contributed by atoms with Gasteiger partial charge in [-0.15, -0.1) is 5.10 Å². The van der Waals surface area contributed by atoms with E-state index in [-0.39, 0.29) is 18.0 Å². The van der Waals surface area contributed by atoms with Crippen molar-refractivity contribution in [3.63, 3.8) is 0 Å². The van der Waals surface area contributed by atoms with Crippen LogP contribution in [0.1, 0.15) is 23.6 Å². The van der Waals surface area contributed by atoms with Gasteiger partial charge in [0.1, 0.15) is 12.4 Å². The Balaban J connectivity index is 1.41. The number of rotatable bonds is 4. The van der Waals surface area contributed by atoms with Gasteiger partial charge in [-0.2, -0.15) is 0 Å². The lowest BCUT2D eigenvalue weighted by Crippen LogP contribution is -2.39. The number of carbonyl (C=O) groups excluding carboxylic acids is 1. The Labute approximate surface area is 164 Å². The quantitative estimate of drug-likeness (QED) is 0.590. The number of tetrazole rings is 1. The predicted molar refractivity (Wildman–Crippen MR) is 104 cm³/mol. The lowest BCUT2D eigenvalue weighted by Gasteiger charge is -2.12. The van der Waals surface area contributed by atoms with Gasteiger partial charge in [0.25, 0.3) is 0 Å². The molecule has 2 unspecified atom stereocenters. The van der Waals surface area contributed by atoms with E-state index >= 15 is 0 Å². The van der Waals surface area contributed by atoms with Crippen molar-refractivity contribution in [2.45, 2.75) is 25.4 Å². The van der Waals surface area contributed by atoms with Crippen LogP contribution in [0.4, 0.5) is 5.69 Å². The first-order valence-electron chi connectivity index (χ1n) is 8.51. The van der Waals surface area contributed by atoms with Crippen molar-refractivity contribution >= 4 is 27.5 Å². The Kier molecular flexibility index (Phi) is 4.97. The molecule has 1 aliphatic heterocycles. The highest BCUT2D eigenvalue weighted by molar-refractivity contribution is 9.10. The molecule has 2 aromatic carbocycles. The first-order valence-corrected chi connectivity index (χ1v) is 9.31. The number of hydrogen-bond acceptors (Lipinski definition) is 6. The minimum Gasteiger partial charge on any atom is -0.325 e. The van der Waals surface area contributed by atoms with E-state index in [0.29, 0.717) is 6.42 Å². The molecular formula is C18H18BrN7O. The van der Waals surface area contributed by atoms with E-state index in [1.807, 2.05) is 49.4 Å². The van der Waals surface area contributed by atoms with Crippen LogP contribution in [0.2, 0.25) is 0 Å². The number of carbonyl (C=O) groups is 1. The number of hydrogen-bond donors (Lipinski definition) is 3. The van der Waals surface area contributed by atoms with Crippen molar-refractivity contribution in [1.82, 2.24) is 31.1 Å². The van der Waals surface area contributed by atoms with Crippen molar-refractivity contribution in [2.75, 3.05) is 5.32 Å². The number of hydrazine groups is 1. The molecule has 0 aliphatic carbocycles. The van der Waals surface area contributed by atoms with E-state index in [4.69, 9.17) is 0 Å². The van der Waals surface area contributed by atoms with Crippen LogP contribution in [0, 0.1) is 6.92 Å². The second-order valence-electron chi connectivity index (χ2n) is 6.43. The van der Waals surface area contributed by atoms with Crippen LogP contribution in [0.25, 0.3) is 5.69 Å². The van der Waals surface area contributed by atoms with Gasteiger partial charge in [0, 0.05) is 16.2 Å². The molecule has 138 valence electrons. The average molecular weight is 428 g/mol. The Bertz CT molecular complexity index is 943. The van der Waals surface area contributed by atoms with Gasteiger partial charge in [0.15, 0.2) is 0 Å². The van der Waals surface area contributed by atoms with Gasteiger partial charge in [0.2, 0.25) is 5.91 Å². The zero-order chi connectivity index (χ0) is 18.8. The van der Waals surface area contributed by atoms with Crippen LogP contribution in [0.5, 0.6) is 0 Å². The number of benzene rings is 2. The SMILES string of the molecule is Cc1cc(NC(=O)C2CC(c3ccc(Br)cc3)NN2)ccc1-n1cnnn1. The number of anilines is 1. The Hall–Kier alpha value is -2.62. The third-order valence-electron chi connectivity index (χ3n) is 4.55. The summed E-state index contributed by atoms with van der Waals surface area (Å²) >= 11 is 3.44. The van der Waals surface area contributed by atoms with Gasteiger partial charge in [0.05, 0.1) is 5.69 Å². The standard InChI is InChI=1S/C18H18BrN7O/c1-11-8-14(6-7-17(11)26-10-20-24-25-26)21-18(27)16-9-15(22-23-16)12-2-4-13(19)5-3-12/h2-8,10,15-16,22-23H,9H2,1H3,(H,21,27). The van der Waals surface area contributed by atoms with E-state index in [1.165, 1.54) is 6.33 Å². The zero-order valence-electron chi connectivity index (χ0n) is 14.6. The summed E-state index contributed by atoms with van der Waals surface area (Å²) < 4.78 is 2.62. The number of nitrogens with zero attached hydrogens (tertiary/aromatic N) is 4. The number of nitrogens with one attached hydrogen (secondary N) is 3. The van der Waals surface area contributed by atoms with Gasteiger partial charge in [-0.05, 0) is 65.2 Å². The summed E-state index contributed by atoms with van der Waals surface area (Å²) in [6.07, 6.45) is 2.21. The summed E-state index contributed by atoms with van der Waals surface area (Å²) in [7, 11) is 0. The van der Waals surface area contributed by atoms with Gasteiger partial charge in [-0.25, -0.2) is 15.5 Å². The molecule has 0 saturated carbocycles. The number of aryl methyl sites for hydroxylation is 1. The summed E-state index contributed by atoms with van der Waals surface area (Å²) in [5, 5.41) is 14.1. The van der Waals surface area contributed by atoms with Crippen molar-refractivity contribution < 1.29 is 4.79 Å². The largest absolute Gasteiger partial charge is 0.325 e. The molecule has 8 nitrogen and oxygen atoms in total. The summed E-state index contributed by atoms with van der Waals surface area (Å²) in [5.41, 5.74) is 9.99. The fraction of sp³-hybridized carbons (Fsp3) is 0.222. The van der Waals surface area contributed by atoms with Crippen LogP contribution in [0.15, 0.2) is 53.3 Å². The molecule has 3 aromatic rings. The van der Waals surface area contributed by atoms with Crippen LogP contribution >= 0.6 is 15.9 Å². The fourth-order valence-corrected chi connectivity index (χ4v) is 3.40. The van der Waals surface area contributed by atoms with E-state index < -0.39 is 0 Å². The third kappa shape index (κ3) is 3.90. The Morgan fingerprint density at radius 1 is 1.22 bits per heavy atom. The van der Waals surface area contributed by atoms with Crippen LogP contribution in [-0.4, -0.2) is 32.2 Å². The topological polar surface area (TPSA) is 96.8 Å². The molecule has 9 heteroatoms. The van der Waals surface area contributed by atoms with Crippen molar-refractivity contribution in [1.29, 1.82) is 0 Å². The molecule has 0 spiro atoms. The fourth-order valence-electron chi connectivity index (χ4n) is 3.13. The highest BCUT2D eigenvalue weighted by atomic mass is 79.9. The molecule has 2 atom stereocenters. The molecule has 1 saturated heterocycles. The summed E-state index contributed by atoms with van der Waals surface area (Å²) in [5.74, 6) is -0.0725. The molecule has 1 amide bonds. The first kappa shape index (κ1) is 17.8. The molecule has 4 rings (SSSR count). The second-order valence-corrected chi connectivity index (χ2v) is 7.34. The number of halogens is 1. The molecule has 0 bridgehead atoms. The maximum absolute atomic E-state index is 12.6. The minimum atomic E-state index is -0.307. The van der Waals surface area contributed by atoms with E-state index in [0.717, 1.165) is 27.0 Å². The first-order chi connectivity index (χ1) is 13.1. The van der Waals surface area contributed by atoms with Crippen molar-refractivity contribution in [2.24, 2.45) is 0 Å².